The van der Waals surface area contributed by atoms with E-state index in [4.69, 9.17) is 14.5 Å². The van der Waals surface area contributed by atoms with Crippen molar-refractivity contribution >= 4 is 34.0 Å². The minimum Gasteiger partial charge on any atom is -0.463 e. The highest BCUT2D eigenvalue weighted by atomic mass is 16.6. The van der Waals surface area contributed by atoms with Crippen LogP contribution in [0.2, 0.25) is 0 Å². The maximum absolute atomic E-state index is 13.4. The molecular formula is C26H31NO4. The number of aromatic nitrogens is 1. The number of allylic oxidation sites excluding steroid dienone is 2. The summed E-state index contributed by atoms with van der Waals surface area (Å²) < 4.78 is 10.9. The van der Waals surface area contributed by atoms with Crippen molar-refractivity contribution in [1.29, 1.82) is 0 Å². The molecule has 1 aliphatic rings. The van der Waals surface area contributed by atoms with E-state index in [1.807, 2.05) is 51.1 Å². The number of pyridine rings is 1. The van der Waals surface area contributed by atoms with Crippen LogP contribution in [0.15, 0.2) is 42.0 Å². The molecule has 2 aromatic rings. The third-order valence-corrected chi connectivity index (χ3v) is 5.05. The monoisotopic (exact) mass is 421 g/mol. The number of carbonyl (C=O) groups is 2. The molecule has 1 aromatic carbocycles. The highest BCUT2D eigenvalue weighted by Gasteiger charge is 2.36. The second-order valence-electron chi connectivity index (χ2n) is 9.78. The number of hydrogen-bond acceptors (Lipinski definition) is 5. The molecule has 0 saturated heterocycles. The number of hydrogen-bond donors (Lipinski definition) is 0. The fourth-order valence-electron chi connectivity index (χ4n) is 3.72. The Kier molecular flexibility index (Phi) is 6.08. The van der Waals surface area contributed by atoms with E-state index in [1.165, 1.54) is 6.08 Å². The minimum atomic E-state index is -0.626. The van der Waals surface area contributed by atoms with Crippen LogP contribution in [0.1, 0.15) is 66.1 Å². The molecule has 0 spiro atoms. The molecule has 5 heteroatoms. The van der Waals surface area contributed by atoms with E-state index < -0.39 is 11.6 Å². The van der Waals surface area contributed by atoms with E-state index in [0.29, 0.717) is 29.9 Å². The summed E-state index contributed by atoms with van der Waals surface area (Å²) in [5, 5.41) is 0.924. The lowest BCUT2D eigenvalue weighted by Crippen LogP contribution is -2.28. The molecule has 164 valence electrons. The first-order valence-corrected chi connectivity index (χ1v) is 10.7. The van der Waals surface area contributed by atoms with Crippen LogP contribution in [0, 0.1) is 5.41 Å². The molecule has 0 fully saturated rings. The van der Waals surface area contributed by atoms with Crippen molar-refractivity contribution in [3.8, 4) is 0 Å². The van der Waals surface area contributed by atoms with E-state index in [1.54, 1.807) is 6.92 Å². The highest BCUT2D eigenvalue weighted by Crippen LogP contribution is 2.46. The number of nitrogens with zero attached hydrogens (tertiary/aromatic N) is 1. The van der Waals surface area contributed by atoms with Gasteiger partial charge < -0.3 is 9.47 Å². The molecule has 0 saturated carbocycles. The predicted molar refractivity (Wildman–Crippen MR) is 123 cm³/mol. The van der Waals surface area contributed by atoms with Crippen LogP contribution in [0.3, 0.4) is 0 Å². The fourth-order valence-corrected chi connectivity index (χ4v) is 3.72. The highest BCUT2D eigenvalue weighted by molar-refractivity contribution is 6.21. The predicted octanol–water partition coefficient (Wildman–Crippen LogP) is 5.73. The molecule has 0 unspecified atom stereocenters. The van der Waals surface area contributed by atoms with Gasteiger partial charge in [-0.15, -0.1) is 0 Å². The van der Waals surface area contributed by atoms with E-state index >= 15 is 0 Å². The van der Waals surface area contributed by atoms with Crippen LogP contribution >= 0.6 is 0 Å². The van der Waals surface area contributed by atoms with Gasteiger partial charge in [-0.25, -0.2) is 14.6 Å². The lowest BCUT2D eigenvalue weighted by atomic mass is 9.73. The molecule has 5 nitrogen and oxygen atoms in total. The molecule has 0 aliphatic heterocycles. The zero-order chi connectivity index (χ0) is 23.0. The van der Waals surface area contributed by atoms with Crippen LogP contribution < -0.4 is 0 Å². The minimum absolute atomic E-state index is 0.297. The summed E-state index contributed by atoms with van der Waals surface area (Å²) in [6, 6.07) is 9.73. The zero-order valence-corrected chi connectivity index (χ0v) is 19.5. The van der Waals surface area contributed by atoms with Crippen molar-refractivity contribution in [2.24, 2.45) is 5.41 Å². The number of ether oxygens (including phenoxy) is 2. The number of esters is 2. The first-order valence-electron chi connectivity index (χ1n) is 10.7. The summed E-state index contributed by atoms with van der Waals surface area (Å²) in [5.74, 6) is -0.779. The van der Waals surface area contributed by atoms with E-state index in [-0.39, 0.29) is 11.4 Å². The van der Waals surface area contributed by atoms with E-state index in [2.05, 4.69) is 20.8 Å². The van der Waals surface area contributed by atoms with Gasteiger partial charge in [0.2, 0.25) is 0 Å². The molecular weight excluding hydrogens is 390 g/mol. The van der Waals surface area contributed by atoms with Gasteiger partial charge in [-0.3, -0.25) is 0 Å². The second kappa shape index (κ2) is 8.29. The number of rotatable bonds is 3. The topological polar surface area (TPSA) is 65.5 Å². The smallest absolute Gasteiger partial charge is 0.339 e. The molecule has 0 atom stereocenters. The van der Waals surface area contributed by atoms with Gasteiger partial charge in [-0.1, -0.05) is 39.0 Å². The third kappa shape index (κ3) is 5.04. The Balaban J connectivity index is 2.33. The zero-order valence-electron chi connectivity index (χ0n) is 19.5. The average Bonchev–Trinajstić information content (AvgIpc) is 2.64. The summed E-state index contributed by atoms with van der Waals surface area (Å²) in [6.45, 7) is 13.8. The molecule has 0 radical (unpaired) electrons. The SMILES string of the molecule is CCOC(=O)C=C1CC(C(C)(C)C)=C(C(=O)OC(C)(C)C)c2cc3ccccc3nc21. The Hall–Kier alpha value is -2.95. The quantitative estimate of drug-likeness (QED) is 0.468. The summed E-state index contributed by atoms with van der Waals surface area (Å²) in [6.07, 6.45) is 1.93. The van der Waals surface area contributed by atoms with Crippen LogP contribution in [-0.4, -0.2) is 29.1 Å². The molecule has 31 heavy (non-hydrogen) atoms. The van der Waals surface area contributed by atoms with Crippen molar-refractivity contribution in [1.82, 2.24) is 4.98 Å². The number of para-hydroxylation sites is 1. The molecule has 0 amide bonds. The normalized spacial score (nSPS) is 15.8. The maximum Gasteiger partial charge on any atom is 0.339 e. The fraction of sp³-hybridized carbons (Fsp3) is 0.423. The van der Waals surface area contributed by atoms with Crippen LogP contribution in [-0.2, 0) is 19.1 Å². The summed E-state index contributed by atoms with van der Waals surface area (Å²) in [4.78, 5) is 30.5. The molecule has 1 aromatic heterocycles. The maximum atomic E-state index is 13.4. The Morgan fingerprint density at radius 3 is 2.39 bits per heavy atom. The Morgan fingerprint density at radius 2 is 1.77 bits per heavy atom. The van der Waals surface area contributed by atoms with Crippen molar-refractivity contribution in [2.75, 3.05) is 6.61 Å². The van der Waals surface area contributed by atoms with Crippen LogP contribution in [0.5, 0.6) is 0 Å². The molecule has 0 N–H and O–H groups in total. The molecule has 1 aliphatic carbocycles. The first-order chi connectivity index (χ1) is 14.4. The van der Waals surface area contributed by atoms with Gasteiger partial charge >= 0.3 is 11.9 Å². The van der Waals surface area contributed by atoms with Gasteiger partial charge in [0, 0.05) is 17.0 Å². The summed E-state index contributed by atoms with van der Waals surface area (Å²) in [7, 11) is 0. The molecule has 3 rings (SSSR count). The summed E-state index contributed by atoms with van der Waals surface area (Å²) in [5.41, 5.74) is 3.39. The summed E-state index contributed by atoms with van der Waals surface area (Å²) >= 11 is 0. The lowest BCUT2D eigenvalue weighted by molar-refractivity contribution is -0.147. The van der Waals surface area contributed by atoms with Gasteiger partial charge in [0.05, 0.1) is 23.4 Å². The number of carbonyl (C=O) groups excluding carboxylic acids is 2. The van der Waals surface area contributed by atoms with Gasteiger partial charge in [0.15, 0.2) is 0 Å². The van der Waals surface area contributed by atoms with Crippen LogP contribution in [0.25, 0.3) is 22.0 Å². The molecule has 0 bridgehead atoms. The Morgan fingerprint density at radius 1 is 1.10 bits per heavy atom. The van der Waals surface area contributed by atoms with Crippen molar-refractivity contribution < 1.29 is 19.1 Å². The Labute approximate surface area is 184 Å². The van der Waals surface area contributed by atoms with Crippen LogP contribution in [0.4, 0.5) is 0 Å². The van der Waals surface area contributed by atoms with Gasteiger partial charge in [0.1, 0.15) is 5.60 Å². The first kappa shape index (κ1) is 22.7. The third-order valence-electron chi connectivity index (χ3n) is 5.05. The largest absolute Gasteiger partial charge is 0.463 e. The standard InChI is InChI=1S/C26H31NO4/c1-8-30-21(28)15-17-14-19(25(2,3)4)22(24(29)31-26(5,6)7)18-13-16-11-9-10-12-20(16)27-23(17)18/h9-13,15H,8,14H2,1-7H3. The number of benzene rings is 1. The lowest BCUT2D eigenvalue weighted by Gasteiger charge is -2.33. The van der Waals surface area contributed by atoms with Crippen molar-refractivity contribution in [3.63, 3.8) is 0 Å². The van der Waals surface area contributed by atoms with E-state index in [9.17, 15) is 9.59 Å². The van der Waals surface area contributed by atoms with Crippen molar-refractivity contribution in [3.05, 3.63) is 53.2 Å². The van der Waals surface area contributed by atoms with E-state index in [0.717, 1.165) is 22.0 Å². The number of fused-ring (bicyclic) bond motifs is 2. The van der Waals surface area contributed by atoms with Gasteiger partial charge in [0.25, 0.3) is 0 Å². The Bertz CT molecular complexity index is 1090. The van der Waals surface area contributed by atoms with Crippen molar-refractivity contribution in [2.45, 2.75) is 60.5 Å². The second-order valence-corrected chi connectivity index (χ2v) is 9.78. The van der Waals surface area contributed by atoms with Gasteiger partial charge in [-0.05, 0) is 62.8 Å². The van der Waals surface area contributed by atoms with Gasteiger partial charge in [-0.2, -0.15) is 0 Å². The molecule has 1 heterocycles. The average molecular weight is 422 g/mol.